The summed E-state index contributed by atoms with van der Waals surface area (Å²) in [7, 11) is 1.22. The van der Waals surface area contributed by atoms with Gasteiger partial charge in [0.1, 0.15) is 0 Å². The van der Waals surface area contributed by atoms with Crippen molar-refractivity contribution in [3.05, 3.63) is 35.9 Å². The van der Waals surface area contributed by atoms with E-state index in [0.717, 1.165) is 5.56 Å². The van der Waals surface area contributed by atoms with Gasteiger partial charge in [-0.1, -0.05) is 44.2 Å². The van der Waals surface area contributed by atoms with Crippen molar-refractivity contribution in [3.8, 4) is 0 Å². The van der Waals surface area contributed by atoms with Crippen LogP contribution in [-0.2, 0) is 9.53 Å². The number of hydrogen-bond donors (Lipinski definition) is 2. The molecule has 0 aliphatic carbocycles. The number of carbonyl (C=O) groups is 2. The quantitative estimate of drug-likeness (QED) is 0.867. The van der Waals surface area contributed by atoms with E-state index in [1.165, 1.54) is 7.11 Å². The SMILES string of the molecule is COC(=O)NC(=O)[C@H](C)N[C@@H](c1ccccc1)C(C)C. The molecule has 20 heavy (non-hydrogen) atoms. The molecular weight excluding hydrogens is 256 g/mol. The van der Waals surface area contributed by atoms with Crippen molar-refractivity contribution < 1.29 is 14.3 Å². The van der Waals surface area contributed by atoms with Crippen LogP contribution in [0, 0.1) is 5.92 Å². The summed E-state index contributed by atoms with van der Waals surface area (Å²) in [5.41, 5.74) is 1.11. The summed E-state index contributed by atoms with van der Waals surface area (Å²) in [6, 6.07) is 9.45. The summed E-state index contributed by atoms with van der Waals surface area (Å²) in [6.07, 6.45) is -0.746. The maximum atomic E-state index is 11.8. The molecule has 0 aromatic heterocycles. The first-order valence-corrected chi connectivity index (χ1v) is 6.65. The third-order valence-electron chi connectivity index (χ3n) is 3.06. The molecule has 0 radical (unpaired) electrons. The second kappa shape index (κ2) is 7.65. The fourth-order valence-electron chi connectivity index (χ4n) is 1.94. The van der Waals surface area contributed by atoms with Gasteiger partial charge in [-0.25, -0.2) is 4.79 Å². The highest BCUT2D eigenvalue weighted by atomic mass is 16.5. The number of imide groups is 1. The molecule has 0 spiro atoms. The molecule has 2 amide bonds. The molecule has 1 rings (SSSR count). The van der Waals surface area contributed by atoms with Gasteiger partial charge in [0, 0.05) is 6.04 Å². The highest BCUT2D eigenvalue weighted by Gasteiger charge is 2.22. The third kappa shape index (κ3) is 4.66. The number of methoxy groups -OCH3 is 1. The van der Waals surface area contributed by atoms with Crippen LogP contribution in [0.4, 0.5) is 4.79 Å². The van der Waals surface area contributed by atoms with Gasteiger partial charge in [-0.15, -0.1) is 0 Å². The van der Waals surface area contributed by atoms with E-state index in [2.05, 4.69) is 29.2 Å². The van der Waals surface area contributed by atoms with Gasteiger partial charge in [0.2, 0.25) is 5.91 Å². The fraction of sp³-hybridized carbons (Fsp3) is 0.467. The summed E-state index contributed by atoms with van der Waals surface area (Å²) in [5, 5.41) is 5.40. The first-order valence-electron chi connectivity index (χ1n) is 6.65. The molecule has 1 aromatic carbocycles. The number of rotatable bonds is 5. The lowest BCUT2D eigenvalue weighted by atomic mass is 9.95. The highest BCUT2D eigenvalue weighted by Crippen LogP contribution is 2.21. The number of ether oxygens (including phenoxy) is 1. The van der Waals surface area contributed by atoms with E-state index in [1.54, 1.807) is 6.92 Å². The summed E-state index contributed by atoms with van der Waals surface area (Å²) >= 11 is 0. The Bertz CT molecular complexity index is 446. The lowest BCUT2D eigenvalue weighted by Crippen LogP contribution is -2.46. The minimum absolute atomic E-state index is 0.0367. The topological polar surface area (TPSA) is 67.4 Å². The van der Waals surface area contributed by atoms with Crippen LogP contribution >= 0.6 is 0 Å². The monoisotopic (exact) mass is 278 g/mol. The molecule has 0 aliphatic rings. The van der Waals surface area contributed by atoms with E-state index >= 15 is 0 Å². The van der Waals surface area contributed by atoms with Gasteiger partial charge < -0.3 is 4.74 Å². The van der Waals surface area contributed by atoms with Crippen molar-refractivity contribution >= 4 is 12.0 Å². The molecule has 0 bridgehead atoms. The van der Waals surface area contributed by atoms with Crippen LogP contribution in [0.3, 0.4) is 0 Å². The highest BCUT2D eigenvalue weighted by molar-refractivity contribution is 5.94. The van der Waals surface area contributed by atoms with Gasteiger partial charge in [0.25, 0.3) is 0 Å². The van der Waals surface area contributed by atoms with E-state index in [1.807, 2.05) is 30.3 Å². The molecule has 110 valence electrons. The molecule has 0 saturated carbocycles. The summed E-state index contributed by atoms with van der Waals surface area (Å²) in [6.45, 7) is 5.88. The number of nitrogens with one attached hydrogen (secondary N) is 2. The summed E-state index contributed by atoms with van der Waals surface area (Å²) in [5.74, 6) is -0.0933. The smallest absolute Gasteiger partial charge is 0.413 e. The van der Waals surface area contributed by atoms with Crippen LogP contribution < -0.4 is 10.6 Å². The molecule has 2 N–H and O–H groups in total. The van der Waals surface area contributed by atoms with Crippen LogP contribution in [0.25, 0.3) is 0 Å². The molecule has 0 fully saturated rings. The van der Waals surface area contributed by atoms with Gasteiger partial charge in [0.15, 0.2) is 0 Å². The largest absolute Gasteiger partial charge is 0.453 e. The number of carbonyl (C=O) groups excluding carboxylic acids is 2. The lowest BCUT2D eigenvalue weighted by Gasteiger charge is -2.26. The van der Waals surface area contributed by atoms with E-state index in [9.17, 15) is 9.59 Å². The third-order valence-corrected chi connectivity index (χ3v) is 3.06. The van der Waals surface area contributed by atoms with Gasteiger partial charge >= 0.3 is 6.09 Å². The van der Waals surface area contributed by atoms with Crippen LogP contribution in [-0.4, -0.2) is 25.2 Å². The van der Waals surface area contributed by atoms with Gasteiger partial charge in [-0.2, -0.15) is 0 Å². The van der Waals surface area contributed by atoms with Crippen LogP contribution in [0.2, 0.25) is 0 Å². The van der Waals surface area contributed by atoms with Crippen LogP contribution in [0.15, 0.2) is 30.3 Å². The van der Waals surface area contributed by atoms with Gasteiger partial charge in [0.05, 0.1) is 13.2 Å². The molecule has 0 saturated heterocycles. The Labute approximate surface area is 119 Å². The average molecular weight is 278 g/mol. The van der Waals surface area contributed by atoms with E-state index in [0.29, 0.717) is 5.92 Å². The number of hydrogen-bond acceptors (Lipinski definition) is 4. The fourth-order valence-corrected chi connectivity index (χ4v) is 1.94. The Morgan fingerprint density at radius 1 is 1.10 bits per heavy atom. The van der Waals surface area contributed by atoms with E-state index in [-0.39, 0.29) is 6.04 Å². The maximum absolute atomic E-state index is 11.8. The molecular formula is C15H22N2O3. The standard InChI is InChI=1S/C15H22N2O3/c1-10(2)13(12-8-6-5-7-9-12)16-11(3)14(18)17-15(19)20-4/h5-11,13,16H,1-4H3,(H,17,18,19)/t11-,13+/m0/s1. The zero-order chi connectivity index (χ0) is 15.1. The second-order valence-electron chi connectivity index (χ2n) is 5.00. The van der Waals surface area contributed by atoms with Crippen molar-refractivity contribution in [3.63, 3.8) is 0 Å². The average Bonchev–Trinajstić information content (AvgIpc) is 2.44. The van der Waals surface area contributed by atoms with Crippen molar-refractivity contribution in [2.75, 3.05) is 7.11 Å². The molecule has 1 aromatic rings. The Hall–Kier alpha value is -1.88. The molecule has 2 atom stereocenters. The number of alkyl carbamates (subject to hydrolysis) is 1. The van der Waals surface area contributed by atoms with Gasteiger partial charge in [-0.3, -0.25) is 15.4 Å². The van der Waals surface area contributed by atoms with Crippen molar-refractivity contribution in [1.82, 2.24) is 10.6 Å². The Balaban J connectivity index is 2.71. The lowest BCUT2D eigenvalue weighted by molar-refractivity contribution is -0.122. The van der Waals surface area contributed by atoms with Crippen molar-refractivity contribution in [2.24, 2.45) is 5.92 Å². The zero-order valence-electron chi connectivity index (χ0n) is 12.3. The zero-order valence-corrected chi connectivity index (χ0v) is 12.3. The Kier molecular flexibility index (Phi) is 6.18. The number of amides is 2. The molecule has 5 heteroatoms. The van der Waals surface area contributed by atoms with E-state index in [4.69, 9.17) is 0 Å². The van der Waals surface area contributed by atoms with Gasteiger partial charge in [-0.05, 0) is 18.4 Å². The predicted molar refractivity (Wildman–Crippen MR) is 77.2 cm³/mol. The molecule has 0 heterocycles. The normalized spacial score (nSPS) is 13.7. The molecule has 5 nitrogen and oxygen atoms in total. The first kappa shape index (κ1) is 16.2. The minimum Gasteiger partial charge on any atom is -0.453 e. The van der Waals surface area contributed by atoms with Crippen LogP contribution in [0.1, 0.15) is 32.4 Å². The Morgan fingerprint density at radius 2 is 1.70 bits per heavy atom. The van der Waals surface area contributed by atoms with Crippen molar-refractivity contribution in [2.45, 2.75) is 32.9 Å². The Morgan fingerprint density at radius 3 is 2.20 bits per heavy atom. The molecule has 0 aliphatic heterocycles. The maximum Gasteiger partial charge on any atom is 0.413 e. The van der Waals surface area contributed by atoms with Crippen LogP contribution in [0.5, 0.6) is 0 Å². The molecule has 0 unspecified atom stereocenters. The van der Waals surface area contributed by atoms with E-state index < -0.39 is 18.0 Å². The first-order chi connectivity index (χ1) is 9.45. The summed E-state index contributed by atoms with van der Waals surface area (Å²) < 4.78 is 4.41. The number of benzene rings is 1. The minimum atomic E-state index is -0.746. The van der Waals surface area contributed by atoms with Crippen molar-refractivity contribution in [1.29, 1.82) is 0 Å². The second-order valence-corrected chi connectivity index (χ2v) is 5.00. The summed E-state index contributed by atoms with van der Waals surface area (Å²) in [4.78, 5) is 22.9. The predicted octanol–water partition coefficient (Wildman–Crippen LogP) is 2.24.